The van der Waals surface area contributed by atoms with E-state index in [4.69, 9.17) is 4.74 Å². The van der Waals surface area contributed by atoms with Gasteiger partial charge in [-0.05, 0) is 29.8 Å². The number of rotatable bonds is 5. The van der Waals surface area contributed by atoms with E-state index >= 15 is 0 Å². The molecule has 1 heterocycles. The van der Waals surface area contributed by atoms with Crippen molar-refractivity contribution in [3.8, 4) is 0 Å². The van der Waals surface area contributed by atoms with Gasteiger partial charge in [0.1, 0.15) is 0 Å². The van der Waals surface area contributed by atoms with Crippen molar-refractivity contribution in [3.05, 3.63) is 69.8 Å². The average molecular weight is 355 g/mol. The number of carbonyl (C=O) groups excluding carboxylic acids is 1. The van der Waals surface area contributed by atoms with E-state index in [0.717, 1.165) is 44.0 Å². The maximum atomic E-state index is 11.5. The van der Waals surface area contributed by atoms with E-state index in [1.807, 2.05) is 12.1 Å². The maximum absolute atomic E-state index is 11.5. The number of nitro groups is 1. The van der Waals surface area contributed by atoms with Crippen LogP contribution in [0.15, 0.2) is 48.5 Å². The molecule has 0 aliphatic carbocycles. The predicted octanol–water partition coefficient (Wildman–Crippen LogP) is 2.70. The molecule has 1 saturated heterocycles. The molecule has 0 saturated carbocycles. The molecule has 0 N–H and O–H groups in total. The number of hydrogen-bond acceptors (Lipinski definition) is 6. The molecule has 1 fully saturated rings. The van der Waals surface area contributed by atoms with Crippen molar-refractivity contribution in [2.45, 2.75) is 6.54 Å². The lowest BCUT2D eigenvalue weighted by atomic mass is 10.1. The van der Waals surface area contributed by atoms with Crippen molar-refractivity contribution in [3.63, 3.8) is 0 Å². The van der Waals surface area contributed by atoms with E-state index in [0.29, 0.717) is 5.56 Å². The zero-order valence-corrected chi connectivity index (χ0v) is 14.6. The minimum atomic E-state index is -0.382. The lowest BCUT2D eigenvalue weighted by Crippen LogP contribution is -2.45. The molecule has 1 aliphatic rings. The van der Waals surface area contributed by atoms with E-state index in [9.17, 15) is 14.9 Å². The van der Waals surface area contributed by atoms with Crippen LogP contribution in [0.4, 0.5) is 11.4 Å². The monoisotopic (exact) mass is 355 g/mol. The van der Waals surface area contributed by atoms with Crippen molar-refractivity contribution < 1.29 is 14.5 Å². The molecule has 0 amide bonds. The van der Waals surface area contributed by atoms with Crippen molar-refractivity contribution in [2.24, 2.45) is 0 Å². The van der Waals surface area contributed by atoms with Crippen LogP contribution in [0.25, 0.3) is 0 Å². The Hall–Kier alpha value is -2.93. The molecular weight excluding hydrogens is 334 g/mol. The third-order valence-electron chi connectivity index (χ3n) is 4.58. The SMILES string of the molecule is COC(=O)c1ccc(CN2CCN(c3ccc([N+](=O)[O-])cc3)CC2)cc1. The fourth-order valence-corrected chi connectivity index (χ4v) is 3.07. The van der Waals surface area contributed by atoms with Crippen molar-refractivity contribution in [2.75, 3.05) is 38.2 Å². The summed E-state index contributed by atoms with van der Waals surface area (Å²) in [7, 11) is 1.38. The number of non-ortho nitro benzene ring substituents is 1. The van der Waals surface area contributed by atoms with Gasteiger partial charge in [0.2, 0.25) is 0 Å². The molecule has 3 rings (SSSR count). The number of nitrogens with zero attached hydrogens (tertiary/aromatic N) is 3. The number of carbonyl (C=O) groups is 1. The molecule has 2 aromatic carbocycles. The number of anilines is 1. The first-order chi connectivity index (χ1) is 12.6. The highest BCUT2D eigenvalue weighted by molar-refractivity contribution is 5.89. The van der Waals surface area contributed by atoms with E-state index in [2.05, 4.69) is 9.80 Å². The Balaban J connectivity index is 1.53. The molecule has 26 heavy (non-hydrogen) atoms. The van der Waals surface area contributed by atoms with Crippen LogP contribution in [0.3, 0.4) is 0 Å². The standard InChI is InChI=1S/C19H21N3O4/c1-26-19(23)16-4-2-15(3-5-16)14-20-10-12-21(13-11-20)17-6-8-18(9-7-17)22(24)25/h2-9H,10-14H2,1H3. The molecule has 136 valence electrons. The summed E-state index contributed by atoms with van der Waals surface area (Å²) in [5.74, 6) is -0.326. The van der Waals surface area contributed by atoms with Crippen LogP contribution in [-0.4, -0.2) is 49.1 Å². The van der Waals surface area contributed by atoms with Crippen LogP contribution >= 0.6 is 0 Å². The molecule has 0 unspecified atom stereocenters. The molecule has 0 radical (unpaired) electrons. The molecule has 0 aromatic heterocycles. The Morgan fingerprint density at radius 3 is 2.19 bits per heavy atom. The second-order valence-corrected chi connectivity index (χ2v) is 6.23. The average Bonchev–Trinajstić information content (AvgIpc) is 2.68. The first kappa shape index (κ1) is 17.9. The van der Waals surface area contributed by atoms with Crippen molar-refractivity contribution >= 4 is 17.3 Å². The number of esters is 1. The highest BCUT2D eigenvalue weighted by atomic mass is 16.6. The molecule has 2 aromatic rings. The highest BCUT2D eigenvalue weighted by Gasteiger charge is 2.18. The summed E-state index contributed by atoms with van der Waals surface area (Å²) in [6, 6.07) is 14.2. The first-order valence-corrected chi connectivity index (χ1v) is 8.46. The largest absolute Gasteiger partial charge is 0.465 e. The lowest BCUT2D eigenvalue weighted by molar-refractivity contribution is -0.384. The topological polar surface area (TPSA) is 75.9 Å². The van der Waals surface area contributed by atoms with Gasteiger partial charge < -0.3 is 9.64 Å². The summed E-state index contributed by atoms with van der Waals surface area (Å²) in [6.07, 6.45) is 0. The van der Waals surface area contributed by atoms with Gasteiger partial charge in [-0.25, -0.2) is 4.79 Å². The Labute approximate surface area is 151 Å². The third kappa shape index (κ3) is 4.18. The van der Waals surface area contributed by atoms with E-state index in [1.54, 1.807) is 36.4 Å². The molecule has 1 aliphatic heterocycles. The normalized spacial score (nSPS) is 14.9. The van der Waals surface area contributed by atoms with Crippen molar-refractivity contribution in [1.82, 2.24) is 4.90 Å². The minimum absolute atomic E-state index is 0.114. The maximum Gasteiger partial charge on any atom is 0.337 e. The van der Waals surface area contributed by atoms with Crippen LogP contribution in [0, 0.1) is 10.1 Å². The molecule has 0 spiro atoms. The van der Waals surface area contributed by atoms with Gasteiger partial charge in [0, 0.05) is 50.5 Å². The molecular formula is C19H21N3O4. The van der Waals surface area contributed by atoms with Crippen LogP contribution in [-0.2, 0) is 11.3 Å². The Morgan fingerprint density at radius 2 is 1.65 bits per heavy atom. The number of piperazine rings is 1. The number of nitro benzene ring substituents is 1. The second kappa shape index (κ2) is 7.97. The Morgan fingerprint density at radius 1 is 1.04 bits per heavy atom. The molecule has 0 atom stereocenters. The number of hydrogen-bond donors (Lipinski definition) is 0. The summed E-state index contributed by atoms with van der Waals surface area (Å²) >= 11 is 0. The quantitative estimate of drug-likeness (QED) is 0.466. The summed E-state index contributed by atoms with van der Waals surface area (Å²) < 4.78 is 4.71. The fourth-order valence-electron chi connectivity index (χ4n) is 3.07. The lowest BCUT2D eigenvalue weighted by Gasteiger charge is -2.36. The second-order valence-electron chi connectivity index (χ2n) is 6.23. The fraction of sp³-hybridized carbons (Fsp3) is 0.316. The van der Waals surface area contributed by atoms with Gasteiger partial charge in [-0.1, -0.05) is 12.1 Å². The first-order valence-electron chi connectivity index (χ1n) is 8.46. The highest BCUT2D eigenvalue weighted by Crippen LogP contribution is 2.21. The molecule has 0 bridgehead atoms. The Bertz CT molecular complexity index is 766. The van der Waals surface area contributed by atoms with Gasteiger partial charge >= 0.3 is 5.97 Å². The number of ether oxygens (including phenoxy) is 1. The predicted molar refractivity (Wildman–Crippen MR) is 98.4 cm³/mol. The molecule has 7 nitrogen and oxygen atoms in total. The zero-order valence-electron chi connectivity index (χ0n) is 14.6. The molecule has 7 heteroatoms. The summed E-state index contributed by atoms with van der Waals surface area (Å²) in [5, 5.41) is 10.7. The van der Waals surface area contributed by atoms with E-state index < -0.39 is 0 Å². The van der Waals surface area contributed by atoms with Gasteiger partial charge in [0.25, 0.3) is 5.69 Å². The van der Waals surface area contributed by atoms with Crippen LogP contribution in [0.2, 0.25) is 0 Å². The van der Waals surface area contributed by atoms with Crippen LogP contribution < -0.4 is 4.90 Å². The van der Waals surface area contributed by atoms with E-state index in [1.165, 1.54) is 7.11 Å². The van der Waals surface area contributed by atoms with Crippen LogP contribution in [0.5, 0.6) is 0 Å². The summed E-state index contributed by atoms with van der Waals surface area (Å²) in [6.45, 7) is 4.40. The number of benzene rings is 2. The third-order valence-corrected chi connectivity index (χ3v) is 4.58. The summed E-state index contributed by atoms with van der Waals surface area (Å²) in [5.41, 5.74) is 2.83. The van der Waals surface area contributed by atoms with Gasteiger partial charge in [-0.3, -0.25) is 15.0 Å². The van der Waals surface area contributed by atoms with Crippen molar-refractivity contribution in [1.29, 1.82) is 0 Å². The van der Waals surface area contributed by atoms with E-state index in [-0.39, 0.29) is 16.6 Å². The van der Waals surface area contributed by atoms with Crippen LogP contribution in [0.1, 0.15) is 15.9 Å². The van der Waals surface area contributed by atoms with Gasteiger partial charge in [-0.2, -0.15) is 0 Å². The Kier molecular flexibility index (Phi) is 5.48. The van der Waals surface area contributed by atoms with Gasteiger partial charge in [0.15, 0.2) is 0 Å². The smallest absolute Gasteiger partial charge is 0.337 e. The summed E-state index contributed by atoms with van der Waals surface area (Å²) in [4.78, 5) is 26.4. The van der Waals surface area contributed by atoms with Gasteiger partial charge in [-0.15, -0.1) is 0 Å². The zero-order chi connectivity index (χ0) is 18.5. The number of methoxy groups -OCH3 is 1. The van der Waals surface area contributed by atoms with Gasteiger partial charge in [0.05, 0.1) is 17.6 Å². The minimum Gasteiger partial charge on any atom is -0.465 e.